The molecule has 0 aromatic heterocycles. The van der Waals surface area contributed by atoms with Crippen LogP contribution in [0.2, 0.25) is 0 Å². The van der Waals surface area contributed by atoms with Gasteiger partial charge in [-0.25, -0.2) is 0 Å². The number of hydrogen-bond acceptors (Lipinski definition) is 3. The van der Waals surface area contributed by atoms with Crippen LogP contribution in [0.15, 0.2) is 24.3 Å². The minimum absolute atomic E-state index is 0.0637. The Hall–Kier alpha value is -1.22. The average Bonchev–Trinajstić information content (AvgIpc) is 2.34. The lowest BCUT2D eigenvalue weighted by atomic mass is 9.86. The number of ether oxygens (including phenoxy) is 1. The van der Waals surface area contributed by atoms with E-state index in [1.54, 1.807) is 0 Å². The summed E-state index contributed by atoms with van der Waals surface area (Å²) in [4.78, 5) is 2.05. The molecule has 0 radical (unpaired) electrons. The van der Waals surface area contributed by atoms with E-state index in [0.717, 1.165) is 30.7 Å². The van der Waals surface area contributed by atoms with E-state index < -0.39 is 0 Å². The van der Waals surface area contributed by atoms with Gasteiger partial charge in [0.1, 0.15) is 11.9 Å². The van der Waals surface area contributed by atoms with Gasteiger partial charge < -0.3 is 14.7 Å². The lowest BCUT2D eigenvalue weighted by Crippen LogP contribution is -2.37. The van der Waals surface area contributed by atoms with E-state index >= 15 is 0 Å². The first-order valence-corrected chi connectivity index (χ1v) is 6.68. The first-order chi connectivity index (χ1) is 8.56. The van der Waals surface area contributed by atoms with Gasteiger partial charge in [-0.15, -0.1) is 0 Å². The van der Waals surface area contributed by atoms with Crippen LogP contribution in [-0.2, 0) is 0 Å². The summed E-state index contributed by atoms with van der Waals surface area (Å²) in [7, 11) is 4.02. The zero-order valence-corrected chi connectivity index (χ0v) is 11.5. The Morgan fingerprint density at radius 1 is 1.28 bits per heavy atom. The second-order valence-corrected chi connectivity index (χ2v) is 5.53. The van der Waals surface area contributed by atoms with Gasteiger partial charge in [0.25, 0.3) is 0 Å². The molecule has 1 aliphatic carbocycles. The molecule has 0 bridgehead atoms. The lowest BCUT2D eigenvalue weighted by molar-refractivity contribution is -0.00756. The van der Waals surface area contributed by atoms with Crippen LogP contribution in [0.25, 0.3) is 0 Å². The monoisotopic (exact) mass is 249 g/mol. The molecule has 1 N–H and O–H groups in total. The molecule has 1 aromatic rings. The van der Waals surface area contributed by atoms with Gasteiger partial charge in [-0.1, -0.05) is 13.0 Å². The Balaban J connectivity index is 2.06. The maximum Gasteiger partial charge on any atom is 0.125 e. The molecule has 0 spiro atoms. The number of anilines is 1. The Bertz CT molecular complexity index is 392. The van der Waals surface area contributed by atoms with Crippen LogP contribution in [0.1, 0.15) is 26.2 Å². The van der Waals surface area contributed by atoms with Gasteiger partial charge in [-0.05, 0) is 37.3 Å². The van der Waals surface area contributed by atoms with Gasteiger partial charge in [0.2, 0.25) is 0 Å². The van der Waals surface area contributed by atoms with Crippen LogP contribution >= 0.6 is 0 Å². The third-order valence-electron chi connectivity index (χ3n) is 3.64. The van der Waals surface area contributed by atoms with Crippen LogP contribution < -0.4 is 9.64 Å². The fourth-order valence-corrected chi connectivity index (χ4v) is 2.45. The highest BCUT2D eigenvalue weighted by atomic mass is 16.5. The molecule has 1 fully saturated rings. The van der Waals surface area contributed by atoms with Crippen molar-refractivity contribution in [3.63, 3.8) is 0 Å². The maximum atomic E-state index is 9.99. The molecule has 0 aliphatic heterocycles. The summed E-state index contributed by atoms with van der Waals surface area (Å²) in [5, 5.41) is 9.99. The fourth-order valence-electron chi connectivity index (χ4n) is 2.45. The van der Waals surface area contributed by atoms with Crippen molar-refractivity contribution in [2.24, 2.45) is 5.92 Å². The highest BCUT2D eigenvalue weighted by Crippen LogP contribution is 2.29. The molecule has 3 nitrogen and oxygen atoms in total. The minimum Gasteiger partial charge on any atom is -0.488 e. The quantitative estimate of drug-likeness (QED) is 0.894. The first kappa shape index (κ1) is 13.2. The number of rotatable bonds is 3. The predicted molar refractivity (Wildman–Crippen MR) is 74.2 cm³/mol. The van der Waals surface area contributed by atoms with Crippen molar-refractivity contribution in [1.82, 2.24) is 0 Å². The summed E-state index contributed by atoms with van der Waals surface area (Å²) in [6, 6.07) is 8.01. The van der Waals surface area contributed by atoms with Crippen LogP contribution in [0.3, 0.4) is 0 Å². The second kappa shape index (κ2) is 5.61. The van der Waals surface area contributed by atoms with Crippen LogP contribution in [0.4, 0.5) is 5.69 Å². The largest absolute Gasteiger partial charge is 0.488 e. The van der Waals surface area contributed by atoms with Gasteiger partial charge in [-0.2, -0.15) is 0 Å². The zero-order valence-electron chi connectivity index (χ0n) is 11.5. The molecular formula is C15H23NO2. The predicted octanol–water partition coefficient (Wildman–Crippen LogP) is 2.68. The molecule has 3 unspecified atom stereocenters. The molecule has 1 aliphatic rings. The zero-order chi connectivity index (χ0) is 13.1. The van der Waals surface area contributed by atoms with Gasteiger partial charge in [0, 0.05) is 25.8 Å². The van der Waals surface area contributed by atoms with Crippen molar-refractivity contribution in [1.29, 1.82) is 0 Å². The van der Waals surface area contributed by atoms with Crippen molar-refractivity contribution in [2.45, 2.75) is 38.4 Å². The summed E-state index contributed by atoms with van der Waals surface area (Å²) in [6.45, 7) is 2.22. The Morgan fingerprint density at radius 2 is 2.06 bits per heavy atom. The Kier molecular flexibility index (Phi) is 4.12. The van der Waals surface area contributed by atoms with E-state index in [-0.39, 0.29) is 12.2 Å². The summed E-state index contributed by atoms with van der Waals surface area (Å²) in [5.41, 5.74) is 1.12. The molecule has 0 saturated heterocycles. The normalized spacial score (nSPS) is 27.9. The minimum atomic E-state index is -0.329. The molecule has 0 heterocycles. The summed E-state index contributed by atoms with van der Waals surface area (Å²) < 4.78 is 5.95. The summed E-state index contributed by atoms with van der Waals surface area (Å²) in [6.07, 6.45) is 2.49. The number of aliphatic hydroxyl groups excluding tert-OH is 1. The molecule has 1 saturated carbocycles. The third-order valence-corrected chi connectivity index (χ3v) is 3.64. The van der Waals surface area contributed by atoms with Crippen molar-refractivity contribution in [3.05, 3.63) is 24.3 Å². The molecule has 100 valence electrons. The lowest BCUT2D eigenvalue weighted by Gasteiger charge is -2.32. The van der Waals surface area contributed by atoms with E-state index in [1.165, 1.54) is 0 Å². The highest BCUT2D eigenvalue weighted by Gasteiger charge is 2.28. The van der Waals surface area contributed by atoms with Crippen LogP contribution in [0.5, 0.6) is 5.75 Å². The maximum absolute atomic E-state index is 9.99. The van der Waals surface area contributed by atoms with Gasteiger partial charge in [0.05, 0.1) is 6.10 Å². The SMILES string of the molecule is CC1CCC(O)C(Oc2cccc(N(C)C)c2)C1. The molecule has 3 atom stereocenters. The Labute approximate surface area is 109 Å². The molecule has 0 amide bonds. The Morgan fingerprint density at radius 3 is 2.78 bits per heavy atom. The van der Waals surface area contributed by atoms with Gasteiger partial charge in [0.15, 0.2) is 0 Å². The van der Waals surface area contributed by atoms with E-state index in [0.29, 0.717) is 5.92 Å². The molecule has 3 heteroatoms. The molecule has 1 aromatic carbocycles. The number of benzene rings is 1. The third kappa shape index (κ3) is 3.16. The van der Waals surface area contributed by atoms with Crippen molar-refractivity contribution < 1.29 is 9.84 Å². The van der Waals surface area contributed by atoms with Crippen molar-refractivity contribution >= 4 is 5.69 Å². The van der Waals surface area contributed by atoms with Crippen molar-refractivity contribution in [2.75, 3.05) is 19.0 Å². The topological polar surface area (TPSA) is 32.7 Å². The van der Waals surface area contributed by atoms with Crippen LogP contribution in [-0.4, -0.2) is 31.4 Å². The number of hydrogen-bond donors (Lipinski definition) is 1. The first-order valence-electron chi connectivity index (χ1n) is 6.68. The van der Waals surface area contributed by atoms with E-state index in [2.05, 4.69) is 6.92 Å². The standard InChI is InChI=1S/C15H23NO2/c1-11-7-8-14(17)15(9-11)18-13-6-4-5-12(10-13)16(2)3/h4-6,10-11,14-15,17H,7-9H2,1-3H3. The summed E-state index contributed by atoms with van der Waals surface area (Å²) in [5.74, 6) is 1.48. The number of aliphatic hydroxyl groups is 1. The molecule has 2 rings (SSSR count). The van der Waals surface area contributed by atoms with E-state index in [4.69, 9.17) is 4.74 Å². The van der Waals surface area contributed by atoms with E-state index in [1.807, 2.05) is 43.3 Å². The second-order valence-electron chi connectivity index (χ2n) is 5.53. The van der Waals surface area contributed by atoms with Gasteiger partial charge >= 0.3 is 0 Å². The molecular weight excluding hydrogens is 226 g/mol. The van der Waals surface area contributed by atoms with Gasteiger partial charge in [-0.3, -0.25) is 0 Å². The molecule has 18 heavy (non-hydrogen) atoms. The summed E-state index contributed by atoms with van der Waals surface area (Å²) >= 11 is 0. The van der Waals surface area contributed by atoms with Crippen LogP contribution in [0, 0.1) is 5.92 Å². The van der Waals surface area contributed by atoms with E-state index in [9.17, 15) is 5.11 Å². The van der Waals surface area contributed by atoms with Crippen molar-refractivity contribution in [3.8, 4) is 5.75 Å². The fraction of sp³-hybridized carbons (Fsp3) is 0.600. The average molecular weight is 249 g/mol. The number of nitrogens with zero attached hydrogens (tertiary/aromatic N) is 1. The smallest absolute Gasteiger partial charge is 0.125 e. The highest BCUT2D eigenvalue weighted by molar-refractivity contribution is 5.49.